The van der Waals surface area contributed by atoms with Crippen molar-refractivity contribution in [2.45, 2.75) is 6.61 Å². The quantitative estimate of drug-likeness (QED) is 0.862. The monoisotopic (exact) mass is 345 g/mol. The lowest BCUT2D eigenvalue weighted by molar-refractivity contribution is 0.177. The van der Waals surface area contributed by atoms with Gasteiger partial charge in [-0.25, -0.2) is 9.37 Å². The zero-order chi connectivity index (χ0) is 14.7. The van der Waals surface area contributed by atoms with Crippen LogP contribution in [0.3, 0.4) is 0 Å². The molecule has 2 aromatic rings. The maximum atomic E-state index is 13.6. The number of aromatic nitrogens is 2. The Hall–Kier alpha value is -1.80. The van der Waals surface area contributed by atoms with Gasteiger partial charge in [-0.2, -0.15) is 9.37 Å². The first-order chi connectivity index (χ1) is 9.49. The summed E-state index contributed by atoms with van der Waals surface area (Å²) in [7, 11) is 1.47. The van der Waals surface area contributed by atoms with Crippen molar-refractivity contribution in [2.24, 2.45) is 0 Å². The van der Waals surface area contributed by atoms with E-state index >= 15 is 0 Å². The molecule has 106 valence electrons. The second-order valence-electron chi connectivity index (χ2n) is 3.78. The number of nitrogen functional groups attached to an aromatic ring is 1. The van der Waals surface area contributed by atoms with E-state index in [0.29, 0.717) is 4.47 Å². The fourth-order valence-electron chi connectivity index (χ4n) is 1.46. The van der Waals surface area contributed by atoms with Crippen molar-refractivity contribution in [2.75, 3.05) is 12.8 Å². The predicted molar refractivity (Wildman–Crippen MR) is 71.3 cm³/mol. The van der Waals surface area contributed by atoms with Crippen LogP contribution in [0.25, 0.3) is 0 Å². The lowest BCUT2D eigenvalue weighted by Crippen LogP contribution is -2.03. The average molecular weight is 346 g/mol. The molecule has 0 aliphatic carbocycles. The van der Waals surface area contributed by atoms with Gasteiger partial charge >= 0.3 is 0 Å². The van der Waals surface area contributed by atoms with Crippen LogP contribution in [0, 0.1) is 11.6 Å². The van der Waals surface area contributed by atoms with E-state index in [0.717, 1.165) is 6.07 Å². The van der Waals surface area contributed by atoms with Gasteiger partial charge in [-0.1, -0.05) is 15.9 Å². The molecule has 0 fully saturated rings. The van der Waals surface area contributed by atoms with Crippen LogP contribution in [-0.2, 0) is 11.3 Å². The molecule has 0 saturated heterocycles. The molecule has 0 spiro atoms. The fraction of sp³-hybridized carbons (Fsp3) is 0.167. The number of halogens is 3. The Morgan fingerprint density at radius 1 is 1.25 bits per heavy atom. The minimum Gasteiger partial charge on any atom is -0.436 e. The second-order valence-corrected chi connectivity index (χ2v) is 4.70. The minimum absolute atomic E-state index is 0.000880. The van der Waals surface area contributed by atoms with Crippen LogP contribution in [-0.4, -0.2) is 17.1 Å². The molecule has 0 saturated carbocycles. The molecule has 0 atom stereocenters. The molecule has 2 N–H and O–H groups in total. The van der Waals surface area contributed by atoms with Crippen LogP contribution in [0.15, 0.2) is 22.7 Å². The molecule has 0 amide bonds. The number of hydrogen-bond acceptors (Lipinski definition) is 5. The summed E-state index contributed by atoms with van der Waals surface area (Å²) in [6.07, 6.45) is 0. The SMILES string of the molecule is COCc1nc(N)cc(Oc2cc(Br)cc(F)c2F)n1. The van der Waals surface area contributed by atoms with E-state index in [1.807, 2.05) is 0 Å². The van der Waals surface area contributed by atoms with Gasteiger partial charge in [0.05, 0.1) is 0 Å². The van der Waals surface area contributed by atoms with E-state index in [1.165, 1.54) is 19.2 Å². The third-order valence-corrected chi connectivity index (χ3v) is 2.67. The summed E-state index contributed by atoms with van der Waals surface area (Å²) in [5, 5.41) is 0. The largest absolute Gasteiger partial charge is 0.436 e. The molecule has 8 heteroatoms. The zero-order valence-electron chi connectivity index (χ0n) is 10.4. The lowest BCUT2D eigenvalue weighted by Gasteiger charge is -2.09. The highest BCUT2D eigenvalue weighted by Gasteiger charge is 2.14. The Kier molecular flexibility index (Phi) is 4.46. The Labute approximate surface area is 121 Å². The van der Waals surface area contributed by atoms with Crippen molar-refractivity contribution in [3.05, 3.63) is 40.1 Å². The first kappa shape index (κ1) is 14.6. The third kappa shape index (κ3) is 3.40. The maximum Gasteiger partial charge on any atom is 0.224 e. The highest BCUT2D eigenvalue weighted by atomic mass is 79.9. The van der Waals surface area contributed by atoms with Gasteiger partial charge in [-0.3, -0.25) is 0 Å². The molecule has 0 bridgehead atoms. The highest BCUT2D eigenvalue weighted by Crippen LogP contribution is 2.29. The van der Waals surface area contributed by atoms with E-state index in [2.05, 4.69) is 25.9 Å². The van der Waals surface area contributed by atoms with Crippen molar-refractivity contribution in [3.8, 4) is 11.6 Å². The number of benzene rings is 1. The number of ether oxygens (including phenoxy) is 2. The normalized spacial score (nSPS) is 10.6. The summed E-state index contributed by atoms with van der Waals surface area (Å²) in [6.45, 7) is 0.122. The Morgan fingerprint density at radius 3 is 2.70 bits per heavy atom. The number of methoxy groups -OCH3 is 1. The molecular weight excluding hydrogens is 336 g/mol. The Balaban J connectivity index is 2.34. The lowest BCUT2D eigenvalue weighted by atomic mass is 10.3. The van der Waals surface area contributed by atoms with Gasteiger partial charge in [0.2, 0.25) is 11.7 Å². The minimum atomic E-state index is -1.11. The molecule has 1 heterocycles. The van der Waals surface area contributed by atoms with Crippen molar-refractivity contribution in [1.82, 2.24) is 9.97 Å². The van der Waals surface area contributed by atoms with Crippen LogP contribution in [0.5, 0.6) is 11.6 Å². The molecule has 0 unspecified atom stereocenters. The molecular formula is C12H10BrF2N3O2. The van der Waals surface area contributed by atoms with E-state index in [4.69, 9.17) is 15.2 Å². The summed E-state index contributed by atoms with van der Waals surface area (Å²) in [5.41, 5.74) is 5.58. The Bertz CT molecular complexity index is 640. The predicted octanol–water partition coefficient (Wildman–Crippen LogP) is 3.04. The van der Waals surface area contributed by atoms with Gasteiger partial charge in [-0.15, -0.1) is 0 Å². The van der Waals surface area contributed by atoms with E-state index in [1.54, 1.807) is 0 Å². The Morgan fingerprint density at radius 2 is 2.00 bits per heavy atom. The van der Waals surface area contributed by atoms with Crippen LogP contribution < -0.4 is 10.5 Å². The summed E-state index contributed by atoms with van der Waals surface area (Å²) in [4.78, 5) is 7.88. The van der Waals surface area contributed by atoms with Crippen molar-refractivity contribution in [1.29, 1.82) is 0 Å². The van der Waals surface area contributed by atoms with Crippen LogP contribution >= 0.6 is 15.9 Å². The third-order valence-electron chi connectivity index (χ3n) is 2.22. The van der Waals surface area contributed by atoms with Gasteiger partial charge in [0.15, 0.2) is 17.4 Å². The van der Waals surface area contributed by atoms with Crippen LogP contribution in [0.4, 0.5) is 14.6 Å². The zero-order valence-corrected chi connectivity index (χ0v) is 11.9. The summed E-state index contributed by atoms with van der Waals surface area (Å²) >= 11 is 3.05. The maximum absolute atomic E-state index is 13.6. The first-order valence-electron chi connectivity index (χ1n) is 5.44. The van der Waals surface area contributed by atoms with Crippen molar-refractivity contribution >= 4 is 21.7 Å². The van der Waals surface area contributed by atoms with E-state index in [-0.39, 0.29) is 29.9 Å². The second kappa shape index (κ2) is 6.10. The van der Waals surface area contributed by atoms with E-state index < -0.39 is 11.6 Å². The molecule has 1 aromatic heterocycles. The summed E-state index contributed by atoms with van der Waals surface area (Å²) in [6, 6.07) is 3.58. The highest BCUT2D eigenvalue weighted by molar-refractivity contribution is 9.10. The molecule has 5 nitrogen and oxygen atoms in total. The molecule has 20 heavy (non-hydrogen) atoms. The van der Waals surface area contributed by atoms with Gasteiger partial charge in [0, 0.05) is 17.6 Å². The van der Waals surface area contributed by atoms with Gasteiger partial charge in [0.25, 0.3) is 0 Å². The molecule has 0 aliphatic heterocycles. The summed E-state index contributed by atoms with van der Waals surface area (Å²) < 4.78 is 37.3. The number of nitrogens with two attached hydrogens (primary N) is 1. The number of nitrogens with zero attached hydrogens (tertiary/aromatic N) is 2. The van der Waals surface area contributed by atoms with Crippen molar-refractivity contribution in [3.63, 3.8) is 0 Å². The molecule has 0 radical (unpaired) electrons. The molecule has 0 aliphatic rings. The van der Waals surface area contributed by atoms with Gasteiger partial charge in [-0.05, 0) is 12.1 Å². The molecule has 2 rings (SSSR count). The standard InChI is InChI=1S/C12H10BrF2N3O2/c1-19-5-10-17-9(16)4-11(18-10)20-8-3-6(13)2-7(14)12(8)15/h2-4H,5H2,1H3,(H2,16,17,18). The molecule has 1 aromatic carbocycles. The topological polar surface area (TPSA) is 70.3 Å². The first-order valence-corrected chi connectivity index (χ1v) is 6.23. The summed E-state index contributed by atoms with van der Waals surface area (Å²) in [5.74, 6) is -2.04. The van der Waals surface area contributed by atoms with Gasteiger partial charge < -0.3 is 15.2 Å². The van der Waals surface area contributed by atoms with Crippen LogP contribution in [0.1, 0.15) is 5.82 Å². The number of anilines is 1. The van der Waals surface area contributed by atoms with E-state index in [9.17, 15) is 8.78 Å². The average Bonchev–Trinajstić information content (AvgIpc) is 2.35. The van der Waals surface area contributed by atoms with Crippen LogP contribution in [0.2, 0.25) is 0 Å². The number of rotatable bonds is 4. The fourth-order valence-corrected chi connectivity index (χ4v) is 1.87. The van der Waals surface area contributed by atoms with Gasteiger partial charge in [0.1, 0.15) is 12.4 Å². The van der Waals surface area contributed by atoms with Crippen molar-refractivity contribution < 1.29 is 18.3 Å². The smallest absolute Gasteiger partial charge is 0.224 e. The number of hydrogen-bond donors (Lipinski definition) is 1.